The van der Waals surface area contributed by atoms with E-state index in [1.54, 1.807) is 58.6 Å². The van der Waals surface area contributed by atoms with Crippen LogP contribution in [0.1, 0.15) is 15.9 Å². The minimum absolute atomic E-state index is 0.00133. The molecule has 2 rings (SSSR count). The average Bonchev–Trinajstić information content (AvgIpc) is 2.69. The minimum Gasteiger partial charge on any atom is -0.493 e. The van der Waals surface area contributed by atoms with Gasteiger partial charge in [0.1, 0.15) is 0 Å². The van der Waals surface area contributed by atoms with Gasteiger partial charge < -0.3 is 25.0 Å². The molecule has 0 bridgehead atoms. The molecular formula is C20H24ClN3O4. The van der Waals surface area contributed by atoms with Crippen LogP contribution in [0.3, 0.4) is 0 Å². The monoisotopic (exact) mass is 405 g/mol. The summed E-state index contributed by atoms with van der Waals surface area (Å²) < 4.78 is 10.5. The summed E-state index contributed by atoms with van der Waals surface area (Å²) in [4.78, 5) is 25.9. The normalized spacial score (nSPS) is 10.2. The van der Waals surface area contributed by atoms with Gasteiger partial charge in [0, 0.05) is 31.4 Å². The molecule has 2 aromatic carbocycles. The van der Waals surface area contributed by atoms with Gasteiger partial charge in [-0.1, -0.05) is 17.7 Å². The van der Waals surface area contributed by atoms with Crippen molar-refractivity contribution in [3.8, 4) is 11.5 Å². The Kier molecular flexibility index (Phi) is 7.52. The van der Waals surface area contributed by atoms with E-state index in [1.807, 2.05) is 6.07 Å². The van der Waals surface area contributed by atoms with Crippen LogP contribution in [0.5, 0.6) is 11.5 Å². The van der Waals surface area contributed by atoms with Crippen LogP contribution in [0, 0.1) is 0 Å². The lowest BCUT2D eigenvalue weighted by Crippen LogP contribution is -2.30. The van der Waals surface area contributed by atoms with Crippen LogP contribution < -0.4 is 20.1 Å². The summed E-state index contributed by atoms with van der Waals surface area (Å²) in [6.07, 6.45) is 0. The first-order valence-corrected chi connectivity index (χ1v) is 8.96. The summed E-state index contributed by atoms with van der Waals surface area (Å²) in [5, 5.41) is 6.27. The number of ether oxygens (including phenoxy) is 2. The van der Waals surface area contributed by atoms with Crippen molar-refractivity contribution in [2.24, 2.45) is 0 Å². The van der Waals surface area contributed by atoms with E-state index in [4.69, 9.17) is 21.1 Å². The van der Waals surface area contributed by atoms with Gasteiger partial charge in [-0.3, -0.25) is 9.59 Å². The van der Waals surface area contributed by atoms with Crippen LogP contribution >= 0.6 is 11.6 Å². The molecule has 150 valence electrons. The third-order valence-electron chi connectivity index (χ3n) is 4.00. The lowest BCUT2D eigenvalue weighted by atomic mass is 10.1. The molecule has 0 saturated heterocycles. The summed E-state index contributed by atoms with van der Waals surface area (Å²) >= 11 is 6.02. The Hall–Kier alpha value is -2.93. The highest BCUT2D eigenvalue weighted by Crippen LogP contribution is 2.27. The fourth-order valence-corrected chi connectivity index (χ4v) is 2.69. The molecule has 0 radical (unpaired) electrons. The number of carbonyl (C=O) groups is 2. The maximum atomic E-state index is 12.3. The van der Waals surface area contributed by atoms with E-state index in [0.717, 1.165) is 5.56 Å². The van der Waals surface area contributed by atoms with Crippen LogP contribution in [-0.2, 0) is 11.3 Å². The largest absolute Gasteiger partial charge is 0.493 e. The highest BCUT2D eigenvalue weighted by atomic mass is 35.5. The zero-order valence-electron chi connectivity index (χ0n) is 16.3. The predicted octanol–water partition coefficient (Wildman–Crippen LogP) is 2.79. The van der Waals surface area contributed by atoms with Crippen molar-refractivity contribution in [2.75, 3.05) is 40.2 Å². The summed E-state index contributed by atoms with van der Waals surface area (Å²) in [7, 11) is 6.45. The molecule has 0 heterocycles. The third kappa shape index (κ3) is 5.53. The Labute approximate surface area is 169 Å². The molecule has 2 amide bonds. The van der Waals surface area contributed by atoms with Gasteiger partial charge >= 0.3 is 0 Å². The molecule has 7 nitrogen and oxygen atoms in total. The number of benzene rings is 2. The van der Waals surface area contributed by atoms with Gasteiger partial charge in [-0.05, 0) is 35.9 Å². The second kappa shape index (κ2) is 9.85. The van der Waals surface area contributed by atoms with Gasteiger partial charge in [0.2, 0.25) is 5.91 Å². The lowest BCUT2D eigenvalue weighted by Gasteiger charge is -2.16. The lowest BCUT2D eigenvalue weighted by molar-refractivity contribution is -0.119. The molecule has 0 aromatic heterocycles. The fourth-order valence-electron chi connectivity index (χ4n) is 2.52. The zero-order valence-corrected chi connectivity index (χ0v) is 17.1. The Morgan fingerprint density at radius 2 is 1.75 bits per heavy atom. The maximum Gasteiger partial charge on any atom is 0.255 e. The first-order chi connectivity index (χ1) is 13.3. The van der Waals surface area contributed by atoms with Crippen molar-refractivity contribution in [1.29, 1.82) is 0 Å². The SMILES string of the molecule is COc1ccc(CNC(=O)CNc2cc(Cl)ccc2C(=O)N(C)C)cc1OC. The zero-order chi connectivity index (χ0) is 20.7. The number of methoxy groups -OCH3 is 2. The molecule has 0 aliphatic carbocycles. The van der Waals surface area contributed by atoms with Gasteiger partial charge in [0.25, 0.3) is 5.91 Å². The molecule has 28 heavy (non-hydrogen) atoms. The Bertz CT molecular complexity index is 855. The number of rotatable bonds is 8. The molecule has 0 fully saturated rings. The van der Waals surface area contributed by atoms with Crippen LogP contribution in [0.25, 0.3) is 0 Å². The molecule has 0 aliphatic rings. The van der Waals surface area contributed by atoms with Gasteiger partial charge in [0.15, 0.2) is 11.5 Å². The molecule has 8 heteroatoms. The predicted molar refractivity (Wildman–Crippen MR) is 109 cm³/mol. The van der Waals surface area contributed by atoms with Gasteiger partial charge in [-0.15, -0.1) is 0 Å². The summed E-state index contributed by atoms with van der Waals surface area (Å²) in [5.41, 5.74) is 1.83. The highest BCUT2D eigenvalue weighted by Gasteiger charge is 2.14. The Morgan fingerprint density at radius 1 is 1.04 bits per heavy atom. The number of nitrogens with zero attached hydrogens (tertiary/aromatic N) is 1. The molecule has 2 aromatic rings. The second-order valence-corrected chi connectivity index (χ2v) is 6.65. The molecule has 0 atom stereocenters. The number of hydrogen-bond acceptors (Lipinski definition) is 5. The summed E-state index contributed by atoms with van der Waals surface area (Å²) in [6, 6.07) is 10.3. The molecule has 0 spiro atoms. The first kappa shape index (κ1) is 21.4. The van der Waals surface area contributed by atoms with E-state index in [1.165, 1.54) is 4.90 Å². The Balaban J connectivity index is 1.98. The van der Waals surface area contributed by atoms with Crippen molar-refractivity contribution in [3.63, 3.8) is 0 Å². The number of hydrogen-bond donors (Lipinski definition) is 2. The van der Waals surface area contributed by atoms with Crippen molar-refractivity contribution in [3.05, 3.63) is 52.5 Å². The van der Waals surface area contributed by atoms with Crippen molar-refractivity contribution in [2.45, 2.75) is 6.54 Å². The van der Waals surface area contributed by atoms with E-state index < -0.39 is 0 Å². The van der Waals surface area contributed by atoms with Crippen molar-refractivity contribution < 1.29 is 19.1 Å². The molecule has 0 unspecified atom stereocenters. The quantitative estimate of drug-likeness (QED) is 0.706. The van der Waals surface area contributed by atoms with Crippen LogP contribution in [0.2, 0.25) is 5.02 Å². The number of carbonyl (C=O) groups excluding carboxylic acids is 2. The topological polar surface area (TPSA) is 79.9 Å². The number of halogens is 1. The van der Waals surface area contributed by atoms with Crippen LogP contribution in [0.15, 0.2) is 36.4 Å². The van der Waals surface area contributed by atoms with Gasteiger partial charge in [0.05, 0.1) is 26.3 Å². The van der Waals surface area contributed by atoms with Crippen molar-refractivity contribution in [1.82, 2.24) is 10.2 Å². The molecule has 2 N–H and O–H groups in total. The van der Waals surface area contributed by atoms with Crippen LogP contribution in [0.4, 0.5) is 5.69 Å². The molecular weight excluding hydrogens is 382 g/mol. The minimum atomic E-state index is -0.224. The average molecular weight is 406 g/mol. The maximum absolute atomic E-state index is 12.3. The van der Waals surface area contributed by atoms with E-state index in [-0.39, 0.29) is 18.4 Å². The summed E-state index contributed by atoms with van der Waals surface area (Å²) in [5.74, 6) is 0.819. The smallest absolute Gasteiger partial charge is 0.255 e. The van der Waals surface area contributed by atoms with E-state index >= 15 is 0 Å². The van der Waals surface area contributed by atoms with E-state index in [0.29, 0.717) is 34.3 Å². The Morgan fingerprint density at radius 3 is 2.39 bits per heavy atom. The van der Waals surface area contributed by atoms with E-state index in [9.17, 15) is 9.59 Å². The van der Waals surface area contributed by atoms with Crippen LogP contribution in [-0.4, -0.2) is 51.6 Å². The molecule has 0 saturated carbocycles. The third-order valence-corrected chi connectivity index (χ3v) is 4.23. The molecule has 0 aliphatic heterocycles. The number of nitrogens with one attached hydrogen (secondary N) is 2. The fraction of sp³-hybridized carbons (Fsp3) is 0.300. The standard InChI is InChI=1S/C20H24ClN3O4/c1-24(2)20(26)15-7-6-14(21)10-16(15)22-12-19(25)23-11-13-5-8-17(27-3)18(9-13)28-4/h5-10,22H,11-12H2,1-4H3,(H,23,25). The highest BCUT2D eigenvalue weighted by molar-refractivity contribution is 6.31. The summed E-state index contributed by atoms with van der Waals surface area (Å²) in [6.45, 7) is 0.335. The van der Waals surface area contributed by atoms with Gasteiger partial charge in [-0.25, -0.2) is 0 Å². The van der Waals surface area contributed by atoms with Gasteiger partial charge in [-0.2, -0.15) is 0 Å². The second-order valence-electron chi connectivity index (χ2n) is 6.21. The first-order valence-electron chi connectivity index (χ1n) is 8.58. The van der Waals surface area contributed by atoms with E-state index in [2.05, 4.69) is 10.6 Å². The number of anilines is 1. The van der Waals surface area contributed by atoms with Crippen molar-refractivity contribution >= 4 is 29.1 Å². The number of amides is 2.